The van der Waals surface area contributed by atoms with Gasteiger partial charge >= 0.3 is 0 Å². The molecule has 74 valence electrons. The van der Waals surface area contributed by atoms with E-state index in [-0.39, 0.29) is 0 Å². The summed E-state index contributed by atoms with van der Waals surface area (Å²) in [5.41, 5.74) is 2.26. The van der Waals surface area contributed by atoms with Gasteiger partial charge in [-0.05, 0) is 19.1 Å². The molecule has 2 rings (SSSR count). The summed E-state index contributed by atoms with van der Waals surface area (Å²) in [7, 11) is 0. The van der Waals surface area contributed by atoms with E-state index in [0.717, 1.165) is 5.56 Å². The van der Waals surface area contributed by atoms with Crippen molar-refractivity contribution in [2.24, 2.45) is 0 Å². The summed E-state index contributed by atoms with van der Waals surface area (Å²) in [5, 5.41) is 0. The summed E-state index contributed by atoms with van der Waals surface area (Å²) in [4.78, 5) is 4.05. The second-order valence-corrected chi connectivity index (χ2v) is 2.70. The Bertz CT molecular complexity index is 348. The largest absolute Gasteiger partial charge is 0.445 e. The standard InChI is InChI=1S/C10H9NO.C2H6/c1-8-2-4-9(5-3-8)10-11-6-7-12-10;1-2/h2-7H,1H3;1-2H3. The normalized spacial score (nSPS) is 9.07. The van der Waals surface area contributed by atoms with E-state index in [0.29, 0.717) is 5.89 Å². The zero-order valence-corrected chi connectivity index (χ0v) is 8.82. The maximum absolute atomic E-state index is 5.15. The molecular weight excluding hydrogens is 174 g/mol. The van der Waals surface area contributed by atoms with Crippen LogP contribution in [0.5, 0.6) is 0 Å². The Morgan fingerprint density at radius 2 is 1.71 bits per heavy atom. The van der Waals surface area contributed by atoms with E-state index in [4.69, 9.17) is 4.42 Å². The second kappa shape index (κ2) is 5.22. The van der Waals surface area contributed by atoms with E-state index in [1.54, 1.807) is 12.5 Å². The van der Waals surface area contributed by atoms with Gasteiger partial charge in [0.2, 0.25) is 5.89 Å². The van der Waals surface area contributed by atoms with Gasteiger partial charge in [0.25, 0.3) is 0 Å². The lowest BCUT2D eigenvalue weighted by atomic mass is 10.1. The number of hydrogen-bond acceptors (Lipinski definition) is 2. The lowest BCUT2D eigenvalue weighted by molar-refractivity contribution is 0.574. The van der Waals surface area contributed by atoms with Crippen LogP contribution in [0, 0.1) is 6.92 Å². The molecule has 0 amide bonds. The molecule has 0 unspecified atom stereocenters. The number of nitrogens with zero attached hydrogens (tertiary/aromatic N) is 1. The second-order valence-electron chi connectivity index (χ2n) is 2.70. The summed E-state index contributed by atoms with van der Waals surface area (Å²) in [6.07, 6.45) is 3.23. The quantitative estimate of drug-likeness (QED) is 0.684. The molecule has 0 spiro atoms. The number of rotatable bonds is 1. The van der Waals surface area contributed by atoms with E-state index in [9.17, 15) is 0 Å². The lowest BCUT2D eigenvalue weighted by Crippen LogP contribution is -1.76. The minimum absolute atomic E-state index is 0.676. The Morgan fingerprint density at radius 3 is 2.21 bits per heavy atom. The fourth-order valence-electron chi connectivity index (χ4n) is 1.06. The van der Waals surface area contributed by atoms with Gasteiger partial charge in [-0.1, -0.05) is 31.5 Å². The molecule has 0 saturated heterocycles. The number of benzene rings is 1. The van der Waals surface area contributed by atoms with Crippen molar-refractivity contribution in [2.45, 2.75) is 20.8 Å². The summed E-state index contributed by atoms with van der Waals surface area (Å²) < 4.78 is 5.15. The molecular formula is C12H15NO. The Balaban J connectivity index is 0.000000461. The van der Waals surface area contributed by atoms with E-state index >= 15 is 0 Å². The zero-order chi connectivity index (χ0) is 10.4. The summed E-state index contributed by atoms with van der Waals surface area (Å²) in [6.45, 7) is 6.05. The van der Waals surface area contributed by atoms with Crippen LogP contribution >= 0.6 is 0 Å². The fourth-order valence-corrected chi connectivity index (χ4v) is 1.06. The van der Waals surface area contributed by atoms with Gasteiger partial charge in [-0.25, -0.2) is 4.98 Å². The third-order valence-corrected chi connectivity index (χ3v) is 1.73. The third-order valence-electron chi connectivity index (χ3n) is 1.73. The molecule has 0 aliphatic carbocycles. The SMILES string of the molecule is CC.Cc1ccc(-c2ncco2)cc1. The van der Waals surface area contributed by atoms with E-state index in [2.05, 4.69) is 11.9 Å². The maximum atomic E-state index is 5.15. The molecule has 0 bridgehead atoms. The van der Waals surface area contributed by atoms with Gasteiger partial charge in [-0.3, -0.25) is 0 Å². The first-order valence-corrected chi connectivity index (χ1v) is 4.83. The highest BCUT2D eigenvalue weighted by Crippen LogP contribution is 2.16. The Morgan fingerprint density at radius 1 is 1.07 bits per heavy atom. The van der Waals surface area contributed by atoms with Gasteiger partial charge in [0.1, 0.15) is 6.26 Å². The zero-order valence-electron chi connectivity index (χ0n) is 8.82. The van der Waals surface area contributed by atoms with E-state index in [1.807, 2.05) is 38.1 Å². The highest BCUT2D eigenvalue weighted by atomic mass is 16.3. The van der Waals surface area contributed by atoms with E-state index in [1.165, 1.54) is 5.56 Å². The number of hydrogen-bond donors (Lipinski definition) is 0. The van der Waals surface area contributed by atoms with Crippen molar-refractivity contribution >= 4 is 0 Å². The molecule has 1 heterocycles. The van der Waals surface area contributed by atoms with Crippen molar-refractivity contribution in [1.82, 2.24) is 4.98 Å². The number of oxazole rings is 1. The minimum atomic E-state index is 0.676. The van der Waals surface area contributed by atoms with Crippen molar-refractivity contribution < 1.29 is 4.42 Å². The van der Waals surface area contributed by atoms with Crippen LogP contribution in [0.2, 0.25) is 0 Å². The summed E-state index contributed by atoms with van der Waals surface area (Å²) >= 11 is 0. The number of aromatic nitrogens is 1. The predicted octanol–water partition coefficient (Wildman–Crippen LogP) is 3.68. The van der Waals surface area contributed by atoms with Crippen molar-refractivity contribution in [1.29, 1.82) is 0 Å². The smallest absolute Gasteiger partial charge is 0.225 e. The van der Waals surface area contributed by atoms with Crippen LogP contribution in [0.25, 0.3) is 11.5 Å². The Kier molecular flexibility index (Phi) is 3.92. The van der Waals surface area contributed by atoms with Crippen LogP contribution in [0.4, 0.5) is 0 Å². The van der Waals surface area contributed by atoms with Crippen molar-refractivity contribution in [3.8, 4) is 11.5 Å². The third kappa shape index (κ3) is 2.46. The summed E-state index contributed by atoms with van der Waals surface area (Å²) in [5.74, 6) is 0.676. The monoisotopic (exact) mass is 189 g/mol. The average Bonchev–Trinajstić information content (AvgIpc) is 2.75. The van der Waals surface area contributed by atoms with Crippen LogP contribution in [-0.4, -0.2) is 4.98 Å². The summed E-state index contributed by atoms with van der Waals surface area (Å²) in [6, 6.07) is 8.08. The first-order valence-electron chi connectivity index (χ1n) is 4.83. The molecule has 2 nitrogen and oxygen atoms in total. The van der Waals surface area contributed by atoms with Gasteiger partial charge in [-0.2, -0.15) is 0 Å². The van der Waals surface area contributed by atoms with Gasteiger partial charge < -0.3 is 4.42 Å². The molecule has 0 radical (unpaired) electrons. The molecule has 0 fully saturated rings. The molecule has 0 aliphatic heterocycles. The number of aryl methyl sites for hydroxylation is 1. The maximum Gasteiger partial charge on any atom is 0.225 e. The van der Waals surface area contributed by atoms with Crippen molar-refractivity contribution in [3.05, 3.63) is 42.3 Å². The van der Waals surface area contributed by atoms with Gasteiger partial charge in [0, 0.05) is 5.56 Å². The van der Waals surface area contributed by atoms with Crippen molar-refractivity contribution in [2.75, 3.05) is 0 Å². The van der Waals surface area contributed by atoms with Crippen LogP contribution in [0.1, 0.15) is 19.4 Å². The Hall–Kier alpha value is -1.57. The van der Waals surface area contributed by atoms with Gasteiger partial charge in [0.15, 0.2) is 0 Å². The van der Waals surface area contributed by atoms with Crippen LogP contribution < -0.4 is 0 Å². The van der Waals surface area contributed by atoms with E-state index < -0.39 is 0 Å². The molecule has 2 heteroatoms. The first-order chi connectivity index (χ1) is 6.86. The molecule has 1 aromatic carbocycles. The molecule has 0 aliphatic rings. The molecule has 14 heavy (non-hydrogen) atoms. The van der Waals surface area contributed by atoms with Crippen LogP contribution in [0.15, 0.2) is 41.1 Å². The average molecular weight is 189 g/mol. The minimum Gasteiger partial charge on any atom is -0.445 e. The lowest BCUT2D eigenvalue weighted by Gasteiger charge is -1.94. The molecule has 0 N–H and O–H groups in total. The topological polar surface area (TPSA) is 26.0 Å². The van der Waals surface area contributed by atoms with Crippen molar-refractivity contribution in [3.63, 3.8) is 0 Å². The fraction of sp³-hybridized carbons (Fsp3) is 0.250. The molecule has 0 saturated carbocycles. The van der Waals surface area contributed by atoms with Gasteiger partial charge in [0.05, 0.1) is 6.20 Å². The molecule has 1 aromatic heterocycles. The predicted molar refractivity (Wildman–Crippen MR) is 58.0 cm³/mol. The molecule has 2 aromatic rings. The van der Waals surface area contributed by atoms with Gasteiger partial charge in [-0.15, -0.1) is 0 Å². The first kappa shape index (κ1) is 10.5. The van der Waals surface area contributed by atoms with Crippen LogP contribution in [0.3, 0.4) is 0 Å². The highest BCUT2D eigenvalue weighted by Gasteiger charge is 1.99. The molecule has 0 atom stereocenters. The Labute approximate surface area is 84.6 Å². The highest BCUT2D eigenvalue weighted by molar-refractivity contribution is 5.52. The van der Waals surface area contributed by atoms with Crippen LogP contribution in [-0.2, 0) is 0 Å².